The summed E-state index contributed by atoms with van der Waals surface area (Å²) in [7, 11) is 0. The van der Waals surface area contributed by atoms with E-state index in [0.717, 1.165) is 42.1 Å². The molecule has 0 saturated heterocycles. The van der Waals surface area contributed by atoms with Gasteiger partial charge in [-0.3, -0.25) is 0 Å². The van der Waals surface area contributed by atoms with Gasteiger partial charge in [0.2, 0.25) is 5.16 Å². The summed E-state index contributed by atoms with van der Waals surface area (Å²) in [5, 5.41) is 20.9. The SMILES string of the molecule is CCN(CC)CCSc1nc(C)n(-c2cccc(Cl)c2)n1.O=C(O)C(=O)O. The minimum atomic E-state index is -1.82. The summed E-state index contributed by atoms with van der Waals surface area (Å²) in [6.45, 7) is 9.56. The van der Waals surface area contributed by atoms with Crippen LogP contribution in [0.3, 0.4) is 0 Å². The first-order valence-corrected chi connectivity index (χ1v) is 9.65. The van der Waals surface area contributed by atoms with Gasteiger partial charge < -0.3 is 15.1 Å². The minimum absolute atomic E-state index is 0.707. The molecule has 0 atom stereocenters. The number of hydrogen-bond donors (Lipinski definition) is 2. The van der Waals surface area contributed by atoms with Crippen LogP contribution in [-0.2, 0) is 9.59 Å². The third-order valence-corrected chi connectivity index (χ3v) is 4.57. The number of thioether (sulfide) groups is 1. The second-order valence-corrected chi connectivity index (χ2v) is 6.82. The highest BCUT2D eigenvalue weighted by molar-refractivity contribution is 7.99. The average Bonchev–Trinajstić information content (AvgIpc) is 3.00. The Kier molecular flexibility index (Phi) is 9.84. The van der Waals surface area contributed by atoms with Crippen molar-refractivity contribution in [3.05, 3.63) is 35.1 Å². The van der Waals surface area contributed by atoms with Crippen molar-refractivity contribution in [3.63, 3.8) is 0 Å². The van der Waals surface area contributed by atoms with Crippen LogP contribution >= 0.6 is 23.4 Å². The van der Waals surface area contributed by atoms with Gasteiger partial charge in [0.15, 0.2) is 0 Å². The molecule has 0 spiro atoms. The van der Waals surface area contributed by atoms with Crippen molar-refractivity contribution < 1.29 is 19.8 Å². The predicted octanol–water partition coefficient (Wildman–Crippen LogP) is 2.82. The number of carboxylic acids is 2. The molecule has 1 aromatic heterocycles. The molecule has 1 aromatic carbocycles. The molecule has 0 saturated carbocycles. The van der Waals surface area contributed by atoms with E-state index in [2.05, 4.69) is 28.8 Å². The summed E-state index contributed by atoms with van der Waals surface area (Å²) in [5.74, 6) is -1.77. The number of aromatic nitrogens is 3. The van der Waals surface area contributed by atoms with Crippen LogP contribution in [-0.4, -0.2) is 67.2 Å². The second kappa shape index (κ2) is 11.6. The van der Waals surface area contributed by atoms with Crippen LogP contribution in [0.25, 0.3) is 5.69 Å². The lowest BCUT2D eigenvalue weighted by atomic mass is 10.3. The molecule has 0 unspecified atom stereocenters. The quantitative estimate of drug-likeness (QED) is 0.525. The van der Waals surface area contributed by atoms with Gasteiger partial charge in [-0.1, -0.05) is 43.3 Å². The van der Waals surface area contributed by atoms with Gasteiger partial charge in [0.05, 0.1) is 5.69 Å². The molecule has 8 nitrogen and oxygen atoms in total. The van der Waals surface area contributed by atoms with Gasteiger partial charge in [-0.15, -0.1) is 5.10 Å². The number of carboxylic acid groups (broad SMARTS) is 2. The number of carbonyl (C=O) groups is 2. The molecule has 0 aliphatic carbocycles. The molecular formula is C17H23ClN4O4S. The molecule has 0 amide bonds. The van der Waals surface area contributed by atoms with E-state index in [-0.39, 0.29) is 0 Å². The molecule has 1 heterocycles. The van der Waals surface area contributed by atoms with Crippen molar-refractivity contribution in [2.45, 2.75) is 25.9 Å². The fourth-order valence-electron chi connectivity index (χ4n) is 2.09. The highest BCUT2D eigenvalue weighted by atomic mass is 35.5. The van der Waals surface area contributed by atoms with Gasteiger partial charge in [0.25, 0.3) is 0 Å². The second-order valence-electron chi connectivity index (χ2n) is 5.32. The van der Waals surface area contributed by atoms with Crippen molar-refractivity contribution in [2.24, 2.45) is 0 Å². The predicted molar refractivity (Wildman–Crippen MR) is 105 cm³/mol. The number of aliphatic carboxylic acids is 2. The lowest BCUT2D eigenvalue weighted by Crippen LogP contribution is -2.25. The first-order chi connectivity index (χ1) is 12.8. The molecule has 148 valence electrons. The molecule has 2 aromatic rings. The van der Waals surface area contributed by atoms with E-state index in [1.807, 2.05) is 35.9 Å². The van der Waals surface area contributed by atoms with Crippen molar-refractivity contribution >= 4 is 35.3 Å². The van der Waals surface area contributed by atoms with E-state index in [1.165, 1.54) is 0 Å². The molecule has 0 fully saturated rings. The zero-order chi connectivity index (χ0) is 20.4. The van der Waals surface area contributed by atoms with E-state index < -0.39 is 11.9 Å². The molecule has 0 bridgehead atoms. The van der Waals surface area contributed by atoms with Crippen LogP contribution in [0.15, 0.2) is 29.4 Å². The van der Waals surface area contributed by atoms with Crippen LogP contribution in [0.4, 0.5) is 0 Å². The van der Waals surface area contributed by atoms with Crippen molar-refractivity contribution in [2.75, 3.05) is 25.4 Å². The number of rotatable bonds is 7. The maximum Gasteiger partial charge on any atom is 0.414 e. The van der Waals surface area contributed by atoms with Crippen LogP contribution in [0.2, 0.25) is 5.02 Å². The Balaban J connectivity index is 0.000000527. The molecular weight excluding hydrogens is 392 g/mol. The minimum Gasteiger partial charge on any atom is -0.473 e. The fourth-order valence-corrected chi connectivity index (χ4v) is 3.14. The van der Waals surface area contributed by atoms with E-state index in [0.29, 0.717) is 5.02 Å². The van der Waals surface area contributed by atoms with Gasteiger partial charge in [-0.05, 0) is 38.2 Å². The summed E-state index contributed by atoms with van der Waals surface area (Å²) in [5.41, 5.74) is 0.947. The Morgan fingerprint density at radius 2 is 1.85 bits per heavy atom. The van der Waals surface area contributed by atoms with E-state index in [9.17, 15) is 0 Å². The highest BCUT2D eigenvalue weighted by Crippen LogP contribution is 2.19. The van der Waals surface area contributed by atoms with Crippen molar-refractivity contribution in [1.82, 2.24) is 19.7 Å². The monoisotopic (exact) mass is 414 g/mol. The van der Waals surface area contributed by atoms with Crippen LogP contribution < -0.4 is 0 Å². The van der Waals surface area contributed by atoms with E-state index in [4.69, 9.17) is 31.4 Å². The molecule has 0 aliphatic rings. The van der Waals surface area contributed by atoms with Gasteiger partial charge in [-0.25, -0.2) is 19.3 Å². The number of aryl methyl sites for hydroxylation is 1. The van der Waals surface area contributed by atoms with E-state index >= 15 is 0 Å². The first-order valence-electron chi connectivity index (χ1n) is 8.29. The fraction of sp³-hybridized carbons (Fsp3) is 0.412. The number of nitrogens with zero attached hydrogens (tertiary/aromatic N) is 4. The third kappa shape index (κ3) is 7.98. The summed E-state index contributed by atoms with van der Waals surface area (Å²) < 4.78 is 1.84. The number of halogens is 1. The maximum absolute atomic E-state index is 9.10. The lowest BCUT2D eigenvalue weighted by Gasteiger charge is -2.16. The van der Waals surface area contributed by atoms with Crippen LogP contribution in [0.1, 0.15) is 19.7 Å². The van der Waals surface area contributed by atoms with Gasteiger partial charge in [-0.2, -0.15) is 0 Å². The Labute approximate surface area is 167 Å². The largest absolute Gasteiger partial charge is 0.473 e. The van der Waals surface area contributed by atoms with Crippen molar-refractivity contribution in [1.29, 1.82) is 0 Å². The van der Waals surface area contributed by atoms with Crippen molar-refractivity contribution in [3.8, 4) is 5.69 Å². The normalized spacial score (nSPS) is 10.4. The van der Waals surface area contributed by atoms with E-state index in [1.54, 1.807) is 11.8 Å². The molecule has 10 heteroatoms. The zero-order valence-electron chi connectivity index (χ0n) is 15.4. The molecule has 2 N–H and O–H groups in total. The Morgan fingerprint density at radius 1 is 1.22 bits per heavy atom. The number of benzene rings is 1. The summed E-state index contributed by atoms with van der Waals surface area (Å²) >= 11 is 7.73. The zero-order valence-corrected chi connectivity index (χ0v) is 17.0. The van der Waals surface area contributed by atoms with Gasteiger partial charge in [0, 0.05) is 17.3 Å². The maximum atomic E-state index is 9.10. The summed E-state index contributed by atoms with van der Waals surface area (Å²) in [4.78, 5) is 25.1. The Hall–Kier alpha value is -2.10. The number of hydrogen-bond acceptors (Lipinski definition) is 6. The topological polar surface area (TPSA) is 109 Å². The molecule has 0 aliphatic heterocycles. The van der Waals surface area contributed by atoms with Gasteiger partial charge in [0.1, 0.15) is 5.82 Å². The average molecular weight is 415 g/mol. The smallest absolute Gasteiger partial charge is 0.414 e. The molecule has 27 heavy (non-hydrogen) atoms. The molecule has 0 radical (unpaired) electrons. The van der Waals surface area contributed by atoms with Crippen LogP contribution in [0, 0.1) is 6.92 Å². The summed E-state index contributed by atoms with van der Waals surface area (Å²) in [6.07, 6.45) is 0. The Bertz CT molecular complexity index is 753. The Morgan fingerprint density at radius 3 is 2.37 bits per heavy atom. The van der Waals surface area contributed by atoms with Gasteiger partial charge >= 0.3 is 11.9 Å². The standard InChI is InChI=1S/C15H21ClN4S.C2H2O4/c1-4-19(5-2)9-10-21-15-17-12(3)20(18-15)14-8-6-7-13(16)11-14;3-1(4)2(5)6/h6-8,11H,4-5,9-10H2,1-3H3;(H,3,4)(H,5,6). The summed E-state index contributed by atoms with van der Waals surface area (Å²) in [6, 6.07) is 7.66. The third-order valence-electron chi connectivity index (χ3n) is 3.52. The highest BCUT2D eigenvalue weighted by Gasteiger charge is 2.09. The lowest BCUT2D eigenvalue weighted by molar-refractivity contribution is -0.159. The first kappa shape index (κ1) is 22.9. The molecule has 2 rings (SSSR count). The van der Waals surface area contributed by atoms with Crippen LogP contribution in [0.5, 0.6) is 0 Å².